The smallest absolute Gasteiger partial charge is 0.0325 e. The van der Waals surface area contributed by atoms with Crippen LogP contribution in [-0.2, 0) is 6.42 Å². The predicted octanol–water partition coefficient (Wildman–Crippen LogP) is 3.53. The minimum atomic E-state index is 0.578. The van der Waals surface area contributed by atoms with Crippen LogP contribution in [0.2, 0.25) is 0 Å². The lowest BCUT2D eigenvalue weighted by Crippen LogP contribution is -2.46. The lowest BCUT2D eigenvalue weighted by molar-refractivity contribution is 0.161. The van der Waals surface area contributed by atoms with Gasteiger partial charge < -0.3 is 10.2 Å². The molecule has 1 saturated heterocycles. The minimum Gasteiger partial charge on any atom is -0.307 e. The molecule has 1 aliphatic carbocycles. The van der Waals surface area contributed by atoms with Crippen molar-refractivity contribution in [3.63, 3.8) is 0 Å². The molecule has 0 bridgehead atoms. The van der Waals surface area contributed by atoms with Crippen LogP contribution in [0.4, 0.5) is 0 Å². The molecular formula is C18H28N2. The number of hydrogen-bond acceptors (Lipinski definition) is 2. The molecule has 0 saturated carbocycles. The van der Waals surface area contributed by atoms with Gasteiger partial charge in [-0.05, 0) is 63.7 Å². The van der Waals surface area contributed by atoms with E-state index in [0.717, 1.165) is 0 Å². The zero-order chi connectivity index (χ0) is 13.9. The molecule has 0 amide bonds. The van der Waals surface area contributed by atoms with E-state index in [2.05, 4.69) is 48.5 Å². The van der Waals surface area contributed by atoms with Crippen LogP contribution in [0.15, 0.2) is 24.3 Å². The number of fused-ring (bicyclic) bond motifs is 1. The highest BCUT2D eigenvalue weighted by molar-refractivity contribution is 5.31. The van der Waals surface area contributed by atoms with E-state index < -0.39 is 0 Å². The van der Waals surface area contributed by atoms with Crippen LogP contribution in [0.5, 0.6) is 0 Å². The molecule has 3 unspecified atom stereocenters. The summed E-state index contributed by atoms with van der Waals surface area (Å²) in [7, 11) is 2.25. The maximum Gasteiger partial charge on any atom is 0.0325 e. The fourth-order valence-electron chi connectivity index (χ4n) is 3.82. The monoisotopic (exact) mass is 272 g/mol. The highest BCUT2D eigenvalue weighted by Crippen LogP contribution is 2.30. The Balaban J connectivity index is 1.71. The number of hydrogen-bond donors (Lipinski definition) is 1. The van der Waals surface area contributed by atoms with E-state index in [1.807, 2.05) is 0 Å². The highest BCUT2D eigenvalue weighted by Gasteiger charge is 2.26. The van der Waals surface area contributed by atoms with Gasteiger partial charge in [0, 0.05) is 18.1 Å². The van der Waals surface area contributed by atoms with Crippen molar-refractivity contribution in [1.82, 2.24) is 10.2 Å². The van der Waals surface area contributed by atoms with Crippen molar-refractivity contribution in [2.24, 2.45) is 0 Å². The van der Waals surface area contributed by atoms with Crippen LogP contribution in [-0.4, -0.2) is 30.6 Å². The summed E-state index contributed by atoms with van der Waals surface area (Å²) in [5, 5.41) is 3.98. The molecule has 3 rings (SSSR count). The molecule has 2 nitrogen and oxygen atoms in total. The maximum atomic E-state index is 3.98. The third kappa shape index (κ3) is 3.07. The van der Waals surface area contributed by atoms with Gasteiger partial charge in [0.25, 0.3) is 0 Å². The number of nitrogens with one attached hydrogen (secondary N) is 1. The zero-order valence-electron chi connectivity index (χ0n) is 12.9. The molecule has 1 fully saturated rings. The van der Waals surface area contributed by atoms with Gasteiger partial charge in [-0.25, -0.2) is 0 Å². The van der Waals surface area contributed by atoms with E-state index >= 15 is 0 Å². The Morgan fingerprint density at radius 3 is 2.85 bits per heavy atom. The number of aryl methyl sites for hydroxylation is 1. The number of piperidine rings is 1. The summed E-state index contributed by atoms with van der Waals surface area (Å²) in [5.41, 5.74) is 3.14. The van der Waals surface area contributed by atoms with E-state index in [0.29, 0.717) is 18.1 Å². The van der Waals surface area contributed by atoms with Crippen LogP contribution in [0.1, 0.15) is 56.2 Å². The van der Waals surface area contributed by atoms with E-state index in [1.165, 1.54) is 45.1 Å². The Morgan fingerprint density at radius 2 is 2.00 bits per heavy atom. The number of benzene rings is 1. The van der Waals surface area contributed by atoms with E-state index in [4.69, 9.17) is 0 Å². The molecule has 3 atom stereocenters. The Kier molecular flexibility index (Phi) is 4.42. The van der Waals surface area contributed by atoms with Crippen molar-refractivity contribution >= 4 is 0 Å². The van der Waals surface area contributed by atoms with E-state index in [9.17, 15) is 0 Å². The minimum absolute atomic E-state index is 0.578. The average molecular weight is 272 g/mol. The Hall–Kier alpha value is -0.860. The van der Waals surface area contributed by atoms with Crippen LogP contribution >= 0.6 is 0 Å². The molecule has 1 aromatic rings. The van der Waals surface area contributed by atoms with Gasteiger partial charge in [0.2, 0.25) is 0 Å². The van der Waals surface area contributed by atoms with E-state index in [1.54, 1.807) is 11.1 Å². The first kappa shape index (κ1) is 14.1. The second-order valence-corrected chi connectivity index (χ2v) is 6.71. The Morgan fingerprint density at radius 1 is 1.15 bits per heavy atom. The molecule has 1 aromatic carbocycles. The summed E-state index contributed by atoms with van der Waals surface area (Å²) < 4.78 is 0. The summed E-state index contributed by atoms with van der Waals surface area (Å²) in [6.45, 7) is 3.59. The molecule has 1 N–H and O–H groups in total. The molecule has 2 heteroatoms. The maximum absolute atomic E-state index is 3.98. The average Bonchev–Trinajstić information content (AvgIpc) is 2.66. The summed E-state index contributed by atoms with van der Waals surface area (Å²) in [6.07, 6.45) is 7.85. The zero-order valence-corrected chi connectivity index (χ0v) is 12.9. The van der Waals surface area contributed by atoms with Crippen LogP contribution < -0.4 is 5.32 Å². The summed E-state index contributed by atoms with van der Waals surface area (Å²) in [4.78, 5) is 2.49. The fourth-order valence-corrected chi connectivity index (χ4v) is 3.82. The molecule has 1 heterocycles. The van der Waals surface area contributed by atoms with Gasteiger partial charge >= 0.3 is 0 Å². The second-order valence-electron chi connectivity index (χ2n) is 6.71. The Labute approximate surface area is 123 Å². The quantitative estimate of drug-likeness (QED) is 0.829. The van der Waals surface area contributed by atoms with Crippen molar-refractivity contribution in [2.45, 2.75) is 63.6 Å². The molecule has 0 radical (unpaired) electrons. The summed E-state index contributed by atoms with van der Waals surface area (Å²) >= 11 is 0. The van der Waals surface area contributed by atoms with Crippen molar-refractivity contribution < 1.29 is 0 Å². The van der Waals surface area contributed by atoms with Gasteiger partial charge in [-0.1, -0.05) is 30.7 Å². The predicted molar refractivity (Wildman–Crippen MR) is 85.0 cm³/mol. The van der Waals surface area contributed by atoms with Crippen molar-refractivity contribution in [1.29, 1.82) is 0 Å². The molecular weight excluding hydrogens is 244 g/mol. The van der Waals surface area contributed by atoms with Gasteiger partial charge in [0.1, 0.15) is 0 Å². The van der Waals surface area contributed by atoms with Crippen molar-refractivity contribution in [3.8, 4) is 0 Å². The van der Waals surface area contributed by atoms with Gasteiger partial charge in [-0.3, -0.25) is 0 Å². The molecule has 0 spiro atoms. The van der Waals surface area contributed by atoms with Crippen LogP contribution in [0, 0.1) is 0 Å². The molecule has 0 aromatic heterocycles. The third-order valence-corrected chi connectivity index (χ3v) is 5.26. The topological polar surface area (TPSA) is 15.3 Å². The molecule has 1 aliphatic heterocycles. The SMILES string of the molecule is CC1CC(NC2CCCCc3ccccc32)CCN1C. The van der Waals surface area contributed by atoms with Crippen molar-refractivity contribution in [2.75, 3.05) is 13.6 Å². The Bertz CT molecular complexity index is 443. The number of likely N-dealkylation sites (tertiary alicyclic amines) is 1. The summed E-state index contributed by atoms with van der Waals surface area (Å²) in [5.74, 6) is 0. The first-order chi connectivity index (χ1) is 9.74. The van der Waals surface area contributed by atoms with Gasteiger partial charge in [-0.2, -0.15) is 0 Å². The first-order valence-electron chi connectivity index (χ1n) is 8.28. The first-order valence-corrected chi connectivity index (χ1v) is 8.28. The number of nitrogens with zero attached hydrogens (tertiary/aromatic N) is 1. The van der Waals surface area contributed by atoms with Gasteiger partial charge in [0.05, 0.1) is 0 Å². The lowest BCUT2D eigenvalue weighted by Gasteiger charge is -2.37. The number of rotatable bonds is 2. The molecule has 2 aliphatic rings. The second kappa shape index (κ2) is 6.28. The molecule has 110 valence electrons. The van der Waals surface area contributed by atoms with Crippen LogP contribution in [0.25, 0.3) is 0 Å². The third-order valence-electron chi connectivity index (χ3n) is 5.26. The normalized spacial score (nSPS) is 31.6. The largest absolute Gasteiger partial charge is 0.307 e. The van der Waals surface area contributed by atoms with E-state index in [-0.39, 0.29) is 0 Å². The van der Waals surface area contributed by atoms with Gasteiger partial charge in [0.15, 0.2) is 0 Å². The molecule has 20 heavy (non-hydrogen) atoms. The van der Waals surface area contributed by atoms with Crippen molar-refractivity contribution in [3.05, 3.63) is 35.4 Å². The van der Waals surface area contributed by atoms with Crippen LogP contribution in [0.3, 0.4) is 0 Å². The highest BCUT2D eigenvalue weighted by atomic mass is 15.1. The fraction of sp³-hybridized carbons (Fsp3) is 0.667. The summed E-state index contributed by atoms with van der Waals surface area (Å²) in [6, 6.07) is 11.0. The lowest BCUT2D eigenvalue weighted by atomic mass is 9.94. The standard InChI is InChI=1S/C18H28N2/c1-14-13-16(11-12-20(14)2)19-18-10-6-4-8-15-7-3-5-9-17(15)18/h3,5,7,9,14,16,18-19H,4,6,8,10-13H2,1-2H3. The van der Waals surface area contributed by atoms with Gasteiger partial charge in [-0.15, -0.1) is 0 Å².